The van der Waals surface area contributed by atoms with Gasteiger partial charge >= 0.3 is 0 Å². The lowest BCUT2D eigenvalue weighted by Crippen LogP contribution is -2.80. The van der Waals surface area contributed by atoms with E-state index in [9.17, 15) is 0 Å². The number of thiophene rings is 1. The Morgan fingerprint density at radius 3 is 2.38 bits per heavy atom. The molecule has 258 valence electrons. The first-order valence-corrected chi connectivity index (χ1v) is 19.9. The molecule has 3 nitrogen and oxygen atoms in total. The van der Waals surface area contributed by atoms with Crippen LogP contribution >= 0.6 is 11.3 Å². The third-order valence-corrected chi connectivity index (χ3v) is 14.1. The summed E-state index contributed by atoms with van der Waals surface area (Å²) in [6.07, 6.45) is 8.01. The minimum atomic E-state index is -0.258. The van der Waals surface area contributed by atoms with E-state index >= 15 is 0 Å². The van der Waals surface area contributed by atoms with Crippen LogP contribution in [0.15, 0.2) is 127 Å². The van der Waals surface area contributed by atoms with E-state index in [1.54, 1.807) is 0 Å². The summed E-state index contributed by atoms with van der Waals surface area (Å²) in [7, 11) is 0. The molecule has 8 aromatic rings. The molecule has 1 fully saturated rings. The molecule has 6 heterocycles. The highest BCUT2D eigenvalue weighted by Gasteiger charge is 2.76. The van der Waals surface area contributed by atoms with Crippen molar-refractivity contribution in [3.8, 4) is 33.6 Å². The summed E-state index contributed by atoms with van der Waals surface area (Å²) < 4.78 is 13.7. The number of pyridine rings is 2. The SMILES string of the molecule is C=CC1C2C(c3ccccc3-c3cccc[n+]32)C12Cc1ccc3c(oc4c5cc(C)sc5ccc34)c1-c1cc(-c3c(C)cccc3C)c(C(C)C)c[n+]12. The Bertz CT molecular complexity index is 2870. The Morgan fingerprint density at radius 2 is 1.57 bits per heavy atom. The van der Waals surface area contributed by atoms with Gasteiger partial charge in [-0.2, -0.15) is 9.13 Å². The third kappa shape index (κ3) is 3.95. The van der Waals surface area contributed by atoms with Crippen LogP contribution in [0, 0.1) is 26.7 Å². The van der Waals surface area contributed by atoms with E-state index in [-0.39, 0.29) is 23.4 Å². The van der Waals surface area contributed by atoms with Gasteiger partial charge in [0.25, 0.3) is 0 Å². The Balaban J connectivity index is 1.27. The Labute approximate surface area is 314 Å². The number of nitrogens with zero attached hydrogens (tertiary/aromatic N) is 2. The Kier molecular flexibility index (Phi) is 6.40. The first-order chi connectivity index (χ1) is 25.8. The number of fused-ring (bicyclic) bond motifs is 17. The van der Waals surface area contributed by atoms with Crippen molar-refractivity contribution in [2.24, 2.45) is 5.92 Å². The highest BCUT2D eigenvalue weighted by molar-refractivity contribution is 7.19. The fourth-order valence-electron chi connectivity index (χ4n) is 10.9. The molecule has 4 aromatic carbocycles. The lowest BCUT2D eigenvalue weighted by molar-refractivity contribution is -0.837. The predicted octanol–water partition coefficient (Wildman–Crippen LogP) is 11.8. The lowest BCUT2D eigenvalue weighted by atomic mass is 9.48. The predicted molar refractivity (Wildman–Crippen MR) is 218 cm³/mol. The van der Waals surface area contributed by atoms with Crippen molar-refractivity contribution in [3.63, 3.8) is 0 Å². The second-order valence-corrected chi connectivity index (χ2v) is 17.4. The maximum absolute atomic E-state index is 7.16. The van der Waals surface area contributed by atoms with Crippen molar-refractivity contribution in [1.82, 2.24) is 0 Å². The summed E-state index contributed by atoms with van der Waals surface area (Å²) in [6.45, 7) is 16.0. The van der Waals surface area contributed by atoms with Gasteiger partial charge in [-0.05, 0) is 90.4 Å². The summed E-state index contributed by atoms with van der Waals surface area (Å²) >= 11 is 1.84. The second kappa shape index (κ2) is 10.9. The van der Waals surface area contributed by atoms with Crippen LogP contribution in [-0.2, 0) is 12.0 Å². The Hall–Kier alpha value is -5.32. The third-order valence-electron chi connectivity index (χ3n) is 13.0. The zero-order chi connectivity index (χ0) is 35.9. The van der Waals surface area contributed by atoms with E-state index in [1.807, 2.05) is 11.3 Å². The van der Waals surface area contributed by atoms with Crippen molar-refractivity contribution >= 4 is 43.4 Å². The summed E-state index contributed by atoms with van der Waals surface area (Å²) in [5, 5.41) is 3.59. The van der Waals surface area contributed by atoms with Crippen molar-refractivity contribution in [3.05, 3.63) is 155 Å². The molecule has 53 heavy (non-hydrogen) atoms. The highest BCUT2D eigenvalue weighted by Crippen LogP contribution is 2.65. The van der Waals surface area contributed by atoms with Crippen LogP contribution in [0.1, 0.15) is 64.4 Å². The molecular weight excluding hydrogens is 665 g/mol. The monoisotopic (exact) mass is 706 g/mol. The van der Waals surface area contributed by atoms with Gasteiger partial charge in [-0.15, -0.1) is 17.9 Å². The number of furan rings is 1. The summed E-state index contributed by atoms with van der Waals surface area (Å²) in [5.41, 5.74) is 16.3. The van der Waals surface area contributed by atoms with Gasteiger partial charge in [0, 0.05) is 55.9 Å². The average Bonchev–Trinajstić information content (AvgIpc) is 3.73. The number of benzene rings is 4. The minimum Gasteiger partial charge on any atom is -0.454 e. The van der Waals surface area contributed by atoms with E-state index in [0.29, 0.717) is 5.92 Å². The molecule has 1 spiro atoms. The van der Waals surface area contributed by atoms with Gasteiger partial charge < -0.3 is 4.42 Å². The van der Waals surface area contributed by atoms with E-state index in [1.165, 1.54) is 87.2 Å². The van der Waals surface area contributed by atoms with Crippen LogP contribution in [0.2, 0.25) is 0 Å². The number of hydrogen-bond acceptors (Lipinski definition) is 2. The molecule has 0 amide bonds. The molecule has 4 unspecified atom stereocenters. The van der Waals surface area contributed by atoms with Gasteiger partial charge in [-0.25, -0.2) is 0 Å². The number of hydrogen-bond donors (Lipinski definition) is 0. The molecule has 4 heteroatoms. The van der Waals surface area contributed by atoms with Gasteiger partial charge in [-0.1, -0.05) is 68.5 Å². The van der Waals surface area contributed by atoms with Gasteiger partial charge in [0.1, 0.15) is 23.0 Å². The standard InChI is InChI=1S/C49H42N2OS/c1-7-39-46-45(33-16-9-8-15-32(33)40-17-10-11-22-50(40)46)49(39)25-31-18-19-35-34-20-21-42-37(23-30(6)53-42)47(34)52-48(35)44(31)41-24-36(38(27(2)3)26-51(41)49)43-28(4)13-12-14-29(43)5/h7-24,26-27,39,45-46H,1,25H2,2-6H3/q+2. The summed E-state index contributed by atoms with van der Waals surface area (Å²) in [4.78, 5) is 1.31. The smallest absolute Gasteiger partial charge is 0.217 e. The van der Waals surface area contributed by atoms with Gasteiger partial charge in [0.05, 0.1) is 11.1 Å². The average molecular weight is 707 g/mol. The second-order valence-electron chi connectivity index (χ2n) is 16.1. The molecule has 1 aliphatic carbocycles. The fraction of sp³-hybridized carbons (Fsp3) is 0.224. The van der Waals surface area contributed by atoms with Crippen molar-refractivity contribution in [2.45, 2.75) is 64.5 Å². The number of allylic oxidation sites excluding steroid dienone is 1. The van der Waals surface area contributed by atoms with Crippen LogP contribution in [0.5, 0.6) is 0 Å². The van der Waals surface area contributed by atoms with Crippen LogP contribution in [0.3, 0.4) is 0 Å². The molecular formula is C49H42N2OS+2. The lowest BCUT2D eigenvalue weighted by Gasteiger charge is -2.56. The molecule has 4 aromatic heterocycles. The van der Waals surface area contributed by atoms with Gasteiger partial charge in [0.15, 0.2) is 24.0 Å². The quantitative estimate of drug-likeness (QED) is 0.132. The largest absolute Gasteiger partial charge is 0.454 e. The van der Waals surface area contributed by atoms with Crippen molar-refractivity contribution in [1.29, 1.82) is 0 Å². The molecule has 2 aliphatic heterocycles. The topological polar surface area (TPSA) is 20.9 Å². The molecule has 3 aliphatic rings. The molecule has 0 saturated heterocycles. The summed E-state index contributed by atoms with van der Waals surface area (Å²) in [5.74, 6) is 0.781. The Morgan fingerprint density at radius 1 is 0.792 bits per heavy atom. The van der Waals surface area contributed by atoms with Crippen LogP contribution in [-0.4, -0.2) is 0 Å². The van der Waals surface area contributed by atoms with E-state index < -0.39 is 0 Å². The van der Waals surface area contributed by atoms with Crippen LogP contribution < -0.4 is 9.13 Å². The van der Waals surface area contributed by atoms with Gasteiger partial charge in [-0.3, -0.25) is 0 Å². The summed E-state index contributed by atoms with van der Waals surface area (Å²) in [6, 6.07) is 36.9. The van der Waals surface area contributed by atoms with E-state index in [4.69, 9.17) is 4.42 Å². The van der Waals surface area contributed by atoms with E-state index in [2.05, 4.69) is 166 Å². The molecule has 0 N–H and O–H groups in total. The van der Waals surface area contributed by atoms with Crippen molar-refractivity contribution < 1.29 is 13.6 Å². The first kappa shape index (κ1) is 31.2. The number of rotatable bonds is 3. The van der Waals surface area contributed by atoms with Crippen LogP contribution in [0.4, 0.5) is 0 Å². The molecule has 4 atom stereocenters. The number of aromatic nitrogens is 2. The maximum atomic E-state index is 7.16. The molecule has 11 rings (SSSR count). The van der Waals surface area contributed by atoms with Gasteiger partial charge in [0.2, 0.25) is 11.4 Å². The highest BCUT2D eigenvalue weighted by atomic mass is 32.1. The molecule has 0 radical (unpaired) electrons. The first-order valence-electron chi connectivity index (χ1n) is 19.1. The fourth-order valence-corrected chi connectivity index (χ4v) is 11.8. The molecule has 0 bridgehead atoms. The molecule has 1 saturated carbocycles. The van der Waals surface area contributed by atoms with Crippen LogP contribution in [0.25, 0.3) is 65.7 Å². The van der Waals surface area contributed by atoms with E-state index in [0.717, 1.165) is 17.6 Å². The van der Waals surface area contributed by atoms with Crippen molar-refractivity contribution in [2.75, 3.05) is 0 Å². The maximum Gasteiger partial charge on any atom is 0.217 e. The number of aryl methyl sites for hydroxylation is 3. The zero-order valence-corrected chi connectivity index (χ0v) is 31.7. The normalized spacial score (nSPS) is 21.0. The zero-order valence-electron chi connectivity index (χ0n) is 30.9. The minimum absolute atomic E-state index is 0.203.